The molecule has 3 N–H and O–H groups in total. The third-order valence-corrected chi connectivity index (χ3v) is 6.44. The van der Waals surface area contributed by atoms with Gasteiger partial charge in [-0.15, -0.1) is 0 Å². The Kier molecular flexibility index (Phi) is 9.31. The molecule has 1 aliphatic rings. The Hall–Kier alpha value is -4.25. The van der Waals surface area contributed by atoms with Gasteiger partial charge in [0, 0.05) is 28.7 Å². The predicted molar refractivity (Wildman–Crippen MR) is 140 cm³/mol. The van der Waals surface area contributed by atoms with Crippen molar-refractivity contribution in [3.8, 4) is 23.0 Å². The second-order valence-electron chi connectivity index (χ2n) is 9.30. The van der Waals surface area contributed by atoms with Crippen LogP contribution in [-0.2, 0) is 39.3 Å². The zero-order valence-electron chi connectivity index (χ0n) is 22.4. The van der Waals surface area contributed by atoms with E-state index in [4.69, 9.17) is 34.6 Å². The quantitative estimate of drug-likeness (QED) is 0.363. The number of halogens is 3. The predicted octanol–water partition coefficient (Wildman–Crippen LogP) is 5.51. The van der Waals surface area contributed by atoms with E-state index in [0.29, 0.717) is 28.6 Å². The van der Waals surface area contributed by atoms with Gasteiger partial charge in [0.2, 0.25) is 0 Å². The number of ether oxygens (including phenoxy) is 4. The number of carboxylic acid groups (broad SMARTS) is 1. The standard InChI is InChI=1S/C27H29NO5.C2HF3O2/c1-27(2)20-10-12-22(30-3)18(14-24(29)32-16-17-8-6-5-7-9-17)25(20)33-26-19(15-28)23(31-4)13-11-21(26)27;3-2(4,5)1(6)7/h5-13H,14-16,28H2,1-4H3;(H,6,7). The van der Waals surface area contributed by atoms with Gasteiger partial charge in [-0.25, -0.2) is 4.79 Å². The fourth-order valence-electron chi connectivity index (χ4n) is 4.36. The first-order valence-electron chi connectivity index (χ1n) is 12.1. The number of nitrogens with two attached hydrogens (primary N) is 1. The maximum absolute atomic E-state index is 12.8. The average molecular weight is 562 g/mol. The molecular weight excluding hydrogens is 531 g/mol. The fourth-order valence-corrected chi connectivity index (χ4v) is 4.36. The Labute approximate surface area is 229 Å². The van der Waals surface area contributed by atoms with Gasteiger partial charge in [-0.05, 0) is 17.7 Å². The lowest BCUT2D eigenvalue weighted by Gasteiger charge is -2.37. The van der Waals surface area contributed by atoms with Crippen molar-refractivity contribution in [2.45, 2.75) is 45.0 Å². The van der Waals surface area contributed by atoms with E-state index < -0.39 is 12.1 Å². The van der Waals surface area contributed by atoms with Crippen LogP contribution in [0, 0.1) is 0 Å². The minimum atomic E-state index is -5.08. The van der Waals surface area contributed by atoms with Gasteiger partial charge in [-0.1, -0.05) is 56.3 Å². The van der Waals surface area contributed by atoms with Crippen LogP contribution >= 0.6 is 0 Å². The van der Waals surface area contributed by atoms with E-state index in [0.717, 1.165) is 22.3 Å². The molecule has 214 valence electrons. The first-order chi connectivity index (χ1) is 18.8. The normalized spacial score (nSPS) is 13.0. The molecule has 0 radical (unpaired) electrons. The number of benzene rings is 3. The third kappa shape index (κ3) is 6.48. The van der Waals surface area contributed by atoms with Gasteiger partial charge in [0.1, 0.15) is 29.6 Å². The lowest BCUT2D eigenvalue weighted by atomic mass is 9.74. The summed E-state index contributed by atoms with van der Waals surface area (Å²) in [4.78, 5) is 21.7. The van der Waals surface area contributed by atoms with E-state index in [-0.39, 0.29) is 31.0 Å². The minimum Gasteiger partial charge on any atom is -0.496 e. The lowest BCUT2D eigenvalue weighted by Crippen LogP contribution is -2.26. The zero-order valence-corrected chi connectivity index (χ0v) is 22.4. The van der Waals surface area contributed by atoms with Crippen molar-refractivity contribution in [2.75, 3.05) is 14.2 Å². The molecule has 3 aromatic carbocycles. The zero-order chi connectivity index (χ0) is 29.7. The Morgan fingerprint density at radius 2 is 1.40 bits per heavy atom. The van der Waals surface area contributed by atoms with Crippen LogP contribution in [0.5, 0.6) is 23.0 Å². The summed E-state index contributed by atoms with van der Waals surface area (Å²) >= 11 is 0. The molecule has 0 atom stereocenters. The second kappa shape index (κ2) is 12.3. The smallest absolute Gasteiger partial charge is 0.490 e. The van der Waals surface area contributed by atoms with Crippen molar-refractivity contribution in [1.29, 1.82) is 0 Å². The lowest BCUT2D eigenvalue weighted by molar-refractivity contribution is -0.192. The molecule has 0 bridgehead atoms. The van der Waals surface area contributed by atoms with Crippen molar-refractivity contribution in [3.63, 3.8) is 0 Å². The number of alkyl halides is 3. The van der Waals surface area contributed by atoms with Crippen LogP contribution in [0.1, 0.15) is 41.7 Å². The number of carboxylic acids is 1. The van der Waals surface area contributed by atoms with Crippen LogP contribution in [0.2, 0.25) is 0 Å². The number of rotatable bonds is 7. The van der Waals surface area contributed by atoms with Gasteiger partial charge in [-0.2, -0.15) is 13.2 Å². The van der Waals surface area contributed by atoms with Crippen LogP contribution in [0.25, 0.3) is 0 Å². The Morgan fingerprint density at radius 3 is 1.88 bits per heavy atom. The van der Waals surface area contributed by atoms with Crippen LogP contribution in [0.4, 0.5) is 13.2 Å². The second-order valence-corrected chi connectivity index (χ2v) is 9.30. The first kappa shape index (κ1) is 30.3. The molecule has 0 fully saturated rings. The summed E-state index contributed by atoms with van der Waals surface area (Å²) in [5, 5.41) is 7.12. The number of aliphatic carboxylic acids is 1. The van der Waals surface area contributed by atoms with Gasteiger partial charge in [0.25, 0.3) is 0 Å². The largest absolute Gasteiger partial charge is 0.496 e. The number of esters is 1. The molecule has 3 aromatic rings. The van der Waals surface area contributed by atoms with Crippen LogP contribution < -0.4 is 19.9 Å². The molecular formula is C29H30F3NO7. The number of methoxy groups -OCH3 is 2. The summed E-state index contributed by atoms with van der Waals surface area (Å²) in [6.45, 7) is 4.73. The molecule has 40 heavy (non-hydrogen) atoms. The van der Waals surface area contributed by atoms with Gasteiger partial charge >= 0.3 is 18.1 Å². The van der Waals surface area contributed by atoms with Crippen LogP contribution in [0.3, 0.4) is 0 Å². The summed E-state index contributed by atoms with van der Waals surface area (Å²) in [6.07, 6.45) is -5.06. The summed E-state index contributed by atoms with van der Waals surface area (Å²) in [5.41, 5.74) is 10.0. The molecule has 11 heteroatoms. The van der Waals surface area contributed by atoms with E-state index >= 15 is 0 Å². The van der Waals surface area contributed by atoms with Gasteiger partial charge < -0.3 is 29.8 Å². The molecule has 0 aliphatic carbocycles. The van der Waals surface area contributed by atoms with Gasteiger partial charge in [0.05, 0.1) is 26.2 Å². The van der Waals surface area contributed by atoms with Crippen LogP contribution in [0.15, 0.2) is 54.6 Å². The third-order valence-electron chi connectivity index (χ3n) is 6.44. The summed E-state index contributed by atoms with van der Waals surface area (Å²) in [7, 11) is 3.19. The van der Waals surface area contributed by atoms with E-state index in [1.54, 1.807) is 14.2 Å². The van der Waals surface area contributed by atoms with Crippen molar-refractivity contribution in [3.05, 3.63) is 82.4 Å². The van der Waals surface area contributed by atoms with Crippen molar-refractivity contribution >= 4 is 11.9 Å². The van der Waals surface area contributed by atoms with Crippen molar-refractivity contribution < 1.29 is 46.8 Å². The molecule has 1 aliphatic heterocycles. The highest BCUT2D eigenvalue weighted by molar-refractivity contribution is 5.77. The maximum Gasteiger partial charge on any atom is 0.490 e. The average Bonchev–Trinajstić information content (AvgIpc) is 2.92. The minimum absolute atomic E-state index is 0.0204. The van der Waals surface area contributed by atoms with E-state index in [9.17, 15) is 18.0 Å². The summed E-state index contributed by atoms with van der Waals surface area (Å²) < 4.78 is 54.8. The van der Waals surface area contributed by atoms with Gasteiger partial charge in [-0.3, -0.25) is 4.79 Å². The maximum atomic E-state index is 12.8. The highest BCUT2D eigenvalue weighted by atomic mass is 19.4. The highest BCUT2D eigenvalue weighted by Gasteiger charge is 2.39. The fraction of sp³-hybridized carbons (Fsp3) is 0.310. The monoisotopic (exact) mass is 561 g/mol. The van der Waals surface area contributed by atoms with E-state index in [2.05, 4.69) is 13.8 Å². The Bertz CT molecular complexity index is 1370. The molecule has 0 saturated heterocycles. The highest BCUT2D eigenvalue weighted by Crippen LogP contribution is 2.53. The topological polar surface area (TPSA) is 117 Å². The molecule has 8 nitrogen and oxygen atoms in total. The first-order valence-corrected chi connectivity index (χ1v) is 12.1. The number of hydrogen-bond donors (Lipinski definition) is 2. The molecule has 0 amide bonds. The summed E-state index contributed by atoms with van der Waals surface area (Å²) in [6, 6.07) is 17.4. The number of carbonyl (C=O) groups is 2. The molecule has 0 aromatic heterocycles. The summed E-state index contributed by atoms with van der Waals surface area (Å²) in [5.74, 6) is -0.605. The van der Waals surface area contributed by atoms with E-state index in [1.165, 1.54) is 0 Å². The molecule has 1 heterocycles. The molecule has 0 spiro atoms. The van der Waals surface area contributed by atoms with Gasteiger partial charge in [0.15, 0.2) is 0 Å². The Balaban J connectivity index is 0.000000559. The van der Waals surface area contributed by atoms with Crippen LogP contribution in [-0.4, -0.2) is 37.4 Å². The number of carbonyl (C=O) groups excluding carboxylic acids is 1. The molecule has 0 unspecified atom stereocenters. The van der Waals surface area contributed by atoms with E-state index in [1.807, 2.05) is 54.6 Å². The molecule has 4 rings (SSSR count). The van der Waals surface area contributed by atoms with Crippen molar-refractivity contribution in [2.24, 2.45) is 5.73 Å². The number of fused-ring (bicyclic) bond motifs is 2. The molecule has 0 saturated carbocycles. The SMILES string of the molecule is COc1ccc2c(c1CN)Oc1c(ccc(OC)c1CC(=O)OCc1ccccc1)C2(C)C.O=C(O)C(F)(F)F. The Morgan fingerprint density at radius 1 is 0.900 bits per heavy atom. The number of hydrogen-bond acceptors (Lipinski definition) is 7. The van der Waals surface area contributed by atoms with Crippen molar-refractivity contribution in [1.82, 2.24) is 0 Å².